The maximum atomic E-state index is 13.4. The molecule has 2 heterocycles. The quantitative estimate of drug-likeness (QED) is 0.842. The van der Waals surface area contributed by atoms with Gasteiger partial charge in [-0.3, -0.25) is 4.90 Å². The van der Waals surface area contributed by atoms with Gasteiger partial charge in [0.15, 0.2) is 5.75 Å². The van der Waals surface area contributed by atoms with Crippen LogP contribution in [0, 0.1) is 17.1 Å². The summed E-state index contributed by atoms with van der Waals surface area (Å²) < 4.78 is 18.7. The molecule has 21 heavy (non-hydrogen) atoms. The first-order chi connectivity index (χ1) is 10.3. The molecule has 0 spiro atoms. The van der Waals surface area contributed by atoms with E-state index < -0.39 is 0 Å². The van der Waals surface area contributed by atoms with E-state index >= 15 is 0 Å². The van der Waals surface area contributed by atoms with Crippen LogP contribution in [0.15, 0.2) is 12.1 Å². The summed E-state index contributed by atoms with van der Waals surface area (Å²) in [4.78, 5) is 8.04. The summed E-state index contributed by atoms with van der Waals surface area (Å²) in [5.41, 5.74) is 1.01. The normalized spacial score (nSPS) is 19.0. The van der Waals surface area contributed by atoms with Crippen molar-refractivity contribution in [2.75, 3.05) is 39.4 Å². The zero-order valence-corrected chi connectivity index (χ0v) is 11.8. The Morgan fingerprint density at radius 3 is 2.81 bits per heavy atom. The van der Waals surface area contributed by atoms with Gasteiger partial charge in [-0.1, -0.05) is 0 Å². The number of morpholine rings is 1. The fourth-order valence-electron chi connectivity index (χ4n) is 2.73. The van der Waals surface area contributed by atoms with Gasteiger partial charge in [-0.05, 0) is 25.1 Å². The van der Waals surface area contributed by atoms with Gasteiger partial charge in [-0.15, -0.1) is 5.06 Å². The lowest BCUT2D eigenvalue weighted by atomic mass is 10.1. The number of ether oxygens (including phenoxy) is 1. The highest BCUT2D eigenvalue weighted by Crippen LogP contribution is 2.32. The van der Waals surface area contributed by atoms with Crippen molar-refractivity contribution in [3.8, 4) is 11.8 Å². The molecule has 112 valence electrons. The van der Waals surface area contributed by atoms with E-state index in [0.29, 0.717) is 12.3 Å². The molecule has 0 aromatic heterocycles. The van der Waals surface area contributed by atoms with Crippen LogP contribution in [0.2, 0.25) is 0 Å². The van der Waals surface area contributed by atoms with Crippen molar-refractivity contribution >= 4 is 0 Å². The van der Waals surface area contributed by atoms with Crippen molar-refractivity contribution in [2.24, 2.45) is 0 Å². The number of hydroxylamine groups is 2. The minimum atomic E-state index is -0.385. The topological polar surface area (TPSA) is 48.7 Å². The zero-order valence-electron chi connectivity index (χ0n) is 11.8. The lowest BCUT2D eigenvalue weighted by molar-refractivity contribution is -0.0469. The summed E-state index contributed by atoms with van der Waals surface area (Å²) in [6.07, 6.45) is 0.971. The zero-order chi connectivity index (χ0) is 14.7. The Bertz CT molecular complexity index is 553. The number of benzene rings is 1. The number of hydrogen-bond donors (Lipinski definition) is 0. The highest BCUT2D eigenvalue weighted by atomic mass is 19.1. The van der Waals surface area contributed by atoms with E-state index in [9.17, 15) is 4.39 Å². The van der Waals surface area contributed by atoms with Gasteiger partial charge in [-0.25, -0.2) is 4.39 Å². The molecule has 6 heteroatoms. The molecular formula is C15H18FN3O2. The highest BCUT2D eigenvalue weighted by Gasteiger charge is 2.25. The minimum Gasteiger partial charge on any atom is -0.404 e. The molecule has 1 saturated heterocycles. The third-order valence-electron chi connectivity index (χ3n) is 3.80. The van der Waals surface area contributed by atoms with Crippen LogP contribution in [0.3, 0.4) is 0 Å². The molecular weight excluding hydrogens is 273 g/mol. The fraction of sp³-hybridized carbons (Fsp3) is 0.533. The van der Waals surface area contributed by atoms with Gasteiger partial charge in [0.2, 0.25) is 0 Å². The van der Waals surface area contributed by atoms with Gasteiger partial charge >= 0.3 is 0 Å². The average molecular weight is 291 g/mol. The van der Waals surface area contributed by atoms with Crippen molar-refractivity contribution in [1.82, 2.24) is 9.96 Å². The third kappa shape index (κ3) is 3.32. The first-order valence-electron chi connectivity index (χ1n) is 7.22. The molecule has 1 aromatic carbocycles. The van der Waals surface area contributed by atoms with E-state index in [0.717, 1.165) is 51.4 Å². The minimum absolute atomic E-state index is 0.265. The van der Waals surface area contributed by atoms with E-state index in [1.54, 1.807) is 5.06 Å². The molecule has 0 N–H and O–H groups in total. The summed E-state index contributed by atoms with van der Waals surface area (Å²) in [5, 5.41) is 10.8. The Hall–Kier alpha value is -1.68. The molecule has 0 unspecified atom stereocenters. The fourth-order valence-corrected chi connectivity index (χ4v) is 2.73. The molecule has 0 bridgehead atoms. The van der Waals surface area contributed by atoms with Gasteiger partial charge in [0.05, 0.1) is 25.3 Å². The first kappa shape index (κ1) is 14.3. The molecule has 0 saturated carbocycles. The van der Waals surface area contributed by atoms with Crippen LogP contribution in [0.1, 0.15) is 17.5 Å². The second kappa shape index (κ2) is 6.39. The second-order valence-corrected chi connectivity index (χ2v) is 5.32. The van der Waals surface area contributed by atoms with E-state index in [1.165, 1.54) is 12.1 Å². The molecule has 5 nitrogen and oxygen atoms in total. The summed E-state index contributed by atoms with van der Waals surface area (Å²) in [7, 11) is 0. The molecule has 0 amide bonds. The summed E-state index contributed by atoms with van der Waals surface area (Å²) in [6.45, 7) is 5.85. The maximum absolute atomic E-state index is 13.4. The Morgan fingerprint density at radius 1 is 1.24 bits per heavy atom. The molecule has 1 aromatic rings. The summed E-state index contributed by atoms with van der Waals surface area (Å²) in [6, 6.07) is 4.64. The van der Waals surface area contributed by atoms with E-state index in [2.05, 4.69) is 4.90 Å². The van der Waals surface area contributed by atoms with Crippen molar-refractivity contribution in [3.05, 3.63) is 29.1 Å². The van der Waals surface area contributed by atoms with Crippen LogP contribution in [0.4, 0.5) is 4.39 Å². The van der Waals surface area contributed by atoms with Crippen molar-refractivity contribution in [1.29, 1.82) is 5.26 Å². The van der Waals surface area contributed by atoms with Crippen LogP contribution < -0.4 is 4.84 Å². The lowest BCUT2D eigenvalue weighted by Gasteiger charge is -2.27. The highest BCUT2D eigenvalue weighted by molar-refractivity contribution is 5.50. The summed E-state index contributed by atoms with van der Waals surface area (Å²) >= 11 is 0. The van der Waals surface area contributed by atoms with Crippen LogP contribution >= 0.6 is 0 Å². The van der Waals surface area contributed by atoms with Gasteiger partial charge in [0.25, 0.3) is 0 Å². The molecule has 2 aliphatic heterocycles. The van der Waals surface area contributed by atoms with Gasteiger partial charge in [-0.2, -0.15) is 5.26 Å². The standard InChI is InChI=1S/C15H18FN3O2/c16-14-8-12(10-17)15-13(9-14)11-19(21-15)3-1-2-18-4-6-20-7-5-18/h8-9H,1-7,11H2. The van der Waals surface area contributed by atoms with Crippen molar-refractivity contribution < 1.29 is 14.0 Å². The molecule has 1 fully saturated rings. The molecule has 0 atom stereocenters. The Balaban J connectivity index is 1.52. The molecule has 0 aliphatic carbocycles. The van der Waals surface area contributed by atoms with Gasteiger partial charge in [0.1, 0.15) is 11.9 Å². The number of nitrogens with zero attached hydrogens (tertiary/aromatic N) is 3. The third-order valence-corrected chi connectivity index (χ3v) is 3.80. The number of fused-ring (bicyclic) bond motifs is 1. The lowest BCUT2D eigenvalue weighted by Crippen LogP contribution is -2.38. The number of nitriles is 1. The molecule has 2 aliphatic rings. The van der Waals surface area contributed by atoms with Crippen LogP contribution in [0.5, 0.6) is 5.75 Å². The Kier molecular flexibility index (Phi) is 4.34. The van der Waals surface area contributed by atoms with Crippen molar-refractivity contribution in [2.45, 2.75) is 13.0 Å². The Labute approximate surface area is 123 Å². The average Bonchev–Trinajstić information content (AvgIpc) is 2.90. The number of rotatable bonds is 4. The molecule has 3 rings (SSSR count). The largest absolute Gasteiger partial charge is 0.404 e. The number of halogens is 1. The van der Waals surface area contributed by atoms with E-state index in [-0.39, 0.29) is 11.4 Å². The predicted octanol–water partition coefficient (Wildman–Crippen LogP) is 1.53. The van der Waals surface area contributed by atoms with Crippen LogP contribution in [-0.4, -0.2) is 49.4 Å². The van der Waals surface area contributed by atoms with Crippen LogP contribution in [0.25, 0.3) is 0 Å². The number of hydrogen-bond acceptors (Lipinski definition) is 5. The molecule has 0 radical (unpaired) electrons. The van der Waals surface area contributed by atoms with E-state index in [4.69, 9.17) is 14.8 Å². The maximum Gasteiger partial charge on any atom is 0.170 e. The van der Waals surface area contributed by atoms with Gasteiger partial charge in [0, 0.05) is 25.2 Å². The monoisotopic (exact) mass is 291 g/mol. The van der Waals surface area contributed by atoms with E-state index in [1.807, 2.05) is 6.07 Å². The summed E-state index contributed by atoms with van der Waals surface area (Å²) in [5.74, 6) is 0.120. The first-order valence-corrected chi connectivity index (χ1v) is 7.22. The Morgan fingerprint density at radius 2 is 2.05 bits per heavy atom. The van der Waals surface area contributed by atoms with Gasteiger partial charge < -0.3 is 9.57 Å². The smallest absolute Gasteiger partial charge is 0.170 e. The SMILES string of the molecule is N#Cc1cc(F)cc2c1ON(CCCN1CCOCC1)C2. The van der Waals surface area contributed by atoms with Crippen LogP contribution in [-0.2, 0) is 11.3 Å². The second-order valence-electron chi connectivity index (χ2n) is 5.32. The van der Waals surface area contributed by atoms with Crippen molar-refractivity contribution in [3.63, 3.8) is 0 Å². The predicted molar refractivity (Wildman–Crippen MR) is 74.0 cm³/mol.